The second kappa shape index (κ2) is 5.17. The molecule has 0 bridgehead atoms. The van der Waals surface area contributed by atoms with E-state index in [-0.39, 0.29) is 5.91 Å². The third-order valence-corrected chi connectivity index (χ3v) is 3.40. The first-order valence-corrected chi connectivity index (χ1v) is 6.14. The van der Waals surface area contributed by atoms with Crippen molar-refractivity contribution in [1.82, 2.24) is 9.88 Å². The number of nitrogens with two attached hydrogens (primary N) is 1. The van der Waals surface area contributed by atoms with Gasteiger partial charge in [0, 0.05) is 31.6 Å². The molecule has 2 heterocycles. The Labute approximate surface area is 102 Å². The highest BCUT2D eigenvalue weighted by molar-refractivity contribution is 5.73. The average Bonchev–Trinajstić information content (AvgIpc) is 2.55. The molecule has 0 spiro atoms. The zero-order chi connectivity index (χ0) is 12.3. The Bertz CT molecular complexity index is 388. The third kappa shape index (κ3) is 2.96. The minimum absolute atomic E-state index is 0.177. The van der Waals surface area contributed by atoms with E-state index in [0.717, 1.165) is 38.0 Å². The number of nitrogens with zero attached hydrogens (tertiary/aromatic N) is 2. The van der Waals surface area contributed by atoms with Crippen LogP contribution in [-0.4, -0.2) is 28.9 Å². The van der Waals surface area contributed by atoms with Crippen molar-refractivity contribution in [3.63, 3.8) is 0 Å². The van der Waals surface area contributed by atoms with Gasteiger partial charge in [0.25, 0.3) is 0 Å². The van der Waals surface area contributed by atoms with E-state index >= 15 is 0 Å². The van der Waals surface area contributed by atoms with Gasteiger partial charge in [0.05, 0.1) is 11.9 Å². The van der Waals surface area contributed by atoms with Crippen LogP contribution in [0.25, 0.3) is 0 Å². The van der Waals surface area contributed by atoms with Crippen molar-refractivity contribution in [2.45, 2.75) is 32.1 Å². The number of carbonyl (C=O) groups excluding carboxylic acids is 1. The van der Waals surface area contributed by atoms with Gasteiger partial charge in [0.2, 0.25) is 5.91 Å². The summed E-state index contributed by atoms with van der Waals surface area (Å²) in [5, 5.41) is 0. The Morgan fingerprint density at radius 3 is 2.88 bits per heavy atom. The Morgan fingerprint density at radius 2 is 2.24 bits per heavy atom. The zero-order valence-electron chi connectivity index (χ0n) is 10.2. The molecule has 0 aromatic carbocycles. The Balaban J connectivity index is 2.03. The normalized spacial score (nSPS) is 21.0. The van der Waals surface area contributed by atoms with Crippen LogP contribution in [0.1, 0.15) is 37.8 Å². The van der Waals surface area contributed by atoms with E-state index in [1.807, 2.05) is 17.0 Å². The number of likely N-dealkylation sites (tertiary alicyclic amines) is 1. The molecule has 4 heteroatoms. The molecule has 1 aliphatic heterocycles. The summed E-state index contributed by atoms with van der Waals surface area (Å²) in [5.41, 5.74) is 7.44. The van der Waals surface area contributed by atoms with Crippen LogP contribution in [0, 0.1) is 0 Å². The van der Waals surface area contributed by atoms with E-state index in [4.69, 9.17) is 5.73 Å². The van der Waals surface area contributed by atoms with Crippen LogP contribution in [0.2, 0.25) is 0 Å². The molecule has 1 atom stereocenters. The first-order valence-electron chi connectivity index (χ1n) is 6.14. The molecule has 0 aliphatic carbocycles. The standard InChI is InChI=1S/C13H19N3O/c1-10(17)16-7-2-3-11(6-8-16)13-5-4-12(14)9-15-13/h4-5,9,11H,2-3,6-8,14H2,1H3. The van der Waals surface area contributed by atoms with Crippen molar-refractivity contribution < 1.29 is 4.79 Å². The number of hydrogen-bond donors (Lipinski definition) is 1. The highest BCUT2D eigenvalue weighted by atomic mass is 16.2. The maximum Gasteiger partial charge on any atom is 0.219 e. The van der Waals surface area contributed by atoms with Crippen molar-refractivity contribution in [2.24, 2.45) is 0 Å². The number of rotatable bonds is 1. The largest absolute Gasteiger partial charge is 0.397 e. The zero-order valence-corrected chi connectivity index (χ0v) is 10.2. The van der Waals surface area contributed by atoms with Crippen molar-refractivity contribution >= 4 is 11.6 Å². The van der Waals surface area contributed by atoms with Crippen LogP contribution in [0.4, 0.5) is 5.69 Å². The molecule has 1 saturated heterocycles. The monoisotopic (exact) mass is 233 g/mol. The van der Waals surface area contributed by atoms with Crippen LogP contribution >= 0.6 is 0 Å². The van der Waals surface area contributed by atoms with Gasteiger partial charge in [-0.3, -0.25) is 9.78 Å². The molecule has 1 aromatic rings. The Morgan fingerprint density at radius 1 is 1.41 bits per heavy atom. The summed E-state index contributed by atoms with van der Waals surface area (Å²) < 4.78 is 0. The number of nitrogen functional groups attached to an aromatic ring is 1. The highest BCUT2D eigenvalue weighted by Gasteiger charge is 2.20. The number of anilines is 1. The molecule has 2 N–H and O–H groups in total. The molecular weight excluding hydrogens is 214 g/mol. The number of aromatic nitrogens is 1. The van der Waals surface area contributed by atoms with Crippen LogP contribution in [-0.2, 0) is 4.79 Å². The molecule has 1 aliphatic rings. The van der Waals surface area contributed by atoms with Gasteiger partial charge in [0.15, 0.2) is 0 Å². The molecule has 0 saturated carbocycles. The van der Waals surface area contributed by atoms with Crippen LogP contribution < -0.4 is 5.73 Å². The minimum Gasteiger partial charge on any atom is -0.397 e. The molecule has 0 radical (unpaired) electrons. The first kappa shape index (κ1) is 11.9. The SMILES string of the molecule is CC(=O)N1CCCC(c2ccc(N)cn2)CC1. The molecule has 92 valence electrons. The fourth-order valence-corrected chi connectivity index (χ4v) is 2.37. The van der Waals surface area contributed by atoms with E-state index < -0.39 is 0 Å². The second-order valence-electron chi connectivity index (χ2n) is 4.65. The summed E-state index contributed by atoms with van der Waals surface area (Å²) in [4.78, 5) is 17.6. The van der Waals surface area contributed by atoms with Gasteiger partial charge in [-0.25, -0.2) is 0 Å². The predicted molar refractivity (Wildman–Crippen MR) is 67.5 cm³/mol. The second-order valence-corrected chi connectivity index (χ2v) is 4.65. The quantitative estimate of drug-likeness (QED) is 0.804. The topological polar surface area (TPSA) is 59.2 Å². The van der Waals surface area contributed by atoms with Crippen LogP contribution in [0.3, 0.4) is 0 Å². The van der Waals surface area contributed by atoms with Gasteiger partial charge >= 0.3 is 0 Å². The van der Waals surface area contributed by atoms with Gasteiger partial charge in [-0.15, -0.1) is 0 Å². The first-order chi connectivity index (χ1) is 8.16. The van der Waals surface area contributed by atoms with E-state index in [1.54, 1.807) is 13.1 Å². The number of amides is 1. The number of hydrogen-bond acceptors (Lipinski definition) is 3. The number of pyridine rings is 1. The minimum atomic E-state index is 0.177. The lowest BCUT2D eigenvalue weighted by Gasteiger charge is -2.18. The average molecular weight is 233 g/mol. The molecule has 2 rings (SSSR count). The fourth-order valence-electron chi connectivity index (χ4n) is 2.37. The van der Waals surface area contributed by atoms with Gasteiger partial charge in [-0.1, -0.05) is 0 Å². The van der Waals surface area contributed by atoms with Gasteiger partial charge < -0.3 is 10.6 Å². The van der Waals surface area contributed by atoms with Crippen molar-refractivity contribution in [2.75, 3.05) is 18.8 Å². The van der Waals surface area contributed by atoms with Crippen molar-refractivity contribution in [3.05, 3.63) is 24.0 Å². The smallest absolute Gasteiger partial charge is 0.219 e. The molecule has 1 fully saturated rings. The maximum atomic E-state index is 11.3. The molecular formula is C13H19N3O. The lowest BCUT2D eigenvalue weighted by molar-refractivity contribution is -0.128. The summed E-state index contributed by atoms with van der Waals surface area (Å²) >= 11 is 0. The Kier molecular flexibility index (Phi) is 3.61. The van der Waals surface area contributed by atoms with E-state index in [1.165, 1.54) is 0 Å². The summed E-state index contributed by atoms with van der Waals surface area (Å²) in [7, 11) is 0. The van der Waals surface area contributed by atoms with E-state index in [9.17, 15) is 4.79 Å². The Hall–Kier alpha value is -1.58. The summed E-state index contributed by atoms with van der Waals surface area (Å²) in [6.07, 6.45) is 4.86. The van der Waals surface area contributed by atoms with Gasteiger partial charge in [-0.2, -0.15) is 0 Å². The molecule has 1 aromatic heterocycles. The highest BCUT2D eigenvalue weighted by Crippen LogP contribution is 2.26. The summed E-state index contributed by atoms with van der Waals surface area (Å²) in [6.45, 7) is 3.36. The third-order valence-electron chi connectivity index (χ3n) is 3.40. The van der Waals surface area contributed by atoms with Gasteiger partial charge in [-0.05, 0) is 31.4 Å². The predicted octanol–water partition coefficient (Wildman–Crippen LogP) is 1.78. The maximum absolute atomic E-state index is 11.3. The molecule has 1 unspecified atom stereocenters. The van der Waals surface area contributed by atoms with Crippen molar-refractivity contribution in [1.29, 1.82) is 0 Å². The fraction of sp³-hybridized carbons (Fsp3) is 0.538. The van der Waals surface area contributed by atoms with Crippen LogP contribution in [0.5, 0.6) is 0 Å². The molecule has 1 amide bonds. The summed E-state index contributed by atoms with van der Waals surface area (Å²) in [5.74, 6) is 0.635. The van der Waals surface area contributed by atoms with E-state index in [2.05, 4.69) is 4.98 Å². The molecule has 17 heavy (non-hydrogen) atoms. The van der Waals surface area contributed by atoms with E-state index in [0.29, 0.717) is 11.6 Å². The number of carbonyl (C=O) groups is 1. The van der Waals surface area contributed by atoms with Crippen LogP contribution in [0.15, 0.2) is 18.3 Å². The summed E-state index contributed by atoms with van der Waals surface area (Å²) in [6, 6.07) is 3.90. The molecule has 4 nitrogen and oxygen atoms in total. The van der Waals surface area contributed by atoms with Crippen molar-refractivity contribution in [3.8, 4) is 0 Å². The lowest BCUT2D eigenvalue weighted by Crippen LogP contribution is -2.29. The van der Waals surface area contributed by atoms with Gasteiger partial charge in [0.1, 0.15) is 0 Å². The lowest BCUT2D eigenvalue weighted by atomic mass is 9.96.